The number of nitrogens with zero attached hydrogens (tertiary/aromatic N) is 2. The van der Waals surface area contributed by atoms with E-state index in [4.69, 9.17) is 28.4 Å². The monoisotopic (exact) mass is 741 g/mol. The molecule has 0 saturated carbocycles. The minimum absolute atomic E-state index is 0.226. The number of unbranched alkanes of at least 4 members (excludes halogenated alkanes) is 3. The molecule has 52 heavy (non-hydrogen) atoms. The first-order valence-electron chi connectivity index (χ1n) is 20.1. The molecule has 0 radical (unpaired) electrons. The van der Waals surface area contributed by atoms with E-state index in [2.05, 4.69) is 27.7 Å². The van der Waals surface area contributed by atoms with Crippen molar-refractivity contribution in [3.05, 3.63) is 0 Å². The second kappa shape index (κ2) is 16.4. The molecule has 302 valence electrons. The molecule has 0 atom stereocenters. The number of hydroxylamine groups is 4. The van der Waals surface area contributed by atoms with Gasteiger partial charge >= 0.3 is 11.9 Å². The van der Waals surface area contributed by atoms with Gasteiger partial charge in [0.05, 0.1) is 37.5 Å². The van der Waals surface area contributed by atoms with E-state index in [1.807, 2.05) is 41.5 Å². The summed E-state index contributed by atoms with van der Waals surface area (Å²) in [6.07, 6.45) is 9.12. The number of piperidine rings is 2. The lowest BCUT2D eigenvalue weighted by molar-refractivity contribution is -0.378. The molecule has 4 aliphatic rings. The molecule has 2 N–H and O–H groups in total. The lowest BCUT2D eigenvalue weighted by atomic mass is 9.73. The maximum atomic E-state index is 12.6. The van der Waals surface area contributed by atoms with Crippen LogP contribution < -0.4 is 0 Å². The highest BCUT2D eigenvalue weighted by molar-refractivity contribution is 5.69. The van der Waals surface area contributed by atoms with Crippen LogP contribution in [0, 0.1) is 10.8 Å². The van der Waals surface area contributed by atoms with E-state index in [1.54, 1.807) is 0 Å². The van der Waals surface area contributed by atoms with Gasteiger partial charge in [-0.15, -0.1) is 0 Å². The van der Waals surface area contributed by atoms with Gasteiger partial charge in [-0.05, 0) is 66.2 Å². The smallest absolute Gasteiger partial charge is 0.305 e. The highest BCUT2D eigenvalue weighted by Gasteiger charge is 2.60. The maximum Gasteiger partial charge on any atom is 0.305 e. The molecular formula is C40H72N2O10. The zero-order chi connectivity index (χ0) is 38.7. The molecule has 2 spiro atoms. The Kier molecular flexibility index (Phi) is 13.7. The summed E-state index contributed by atoms with van der Waals surface area (Å²) in [5.41, 5.74) is -2.71. The number of esters is 2. The summed E-state index contributed by atoms with van der Waals surface area (Å²) in [5.74, 6) is -2.00. The molecular weight excluding hydrogens is 668 g/mol. The predicted octanol–water partition coefficient (Wildman–Crippen LogP) is 7.56. The molecule has 12 heteroatoms. The number of ether oxygens (including phenoxy) is 6. The predicted molar refractivity (Wildman–Crippen MR) is 196 cm³/mol. The number of rotatable bonds is 15. The number of hydrogen-bond acceptors (Lipinski definition) is 12. The SMILES string of the molecule is CCC1(CC)CC2(CC(C)(C)N1O)OCC(C)(COC(=O)CCCCCCC(=O)OCC1(C)COC3(CC(C)(C)N(O)C(CC)(CC)C3)OC1)CO2. The molecule has 0 aliphatic carbocycles. The van der Waals surface area contributed by atoms with Gasteiger partial charge in [-0.2, -0.15) is 10.1 Å². The average Bonchev–Trinajstić information content (AvgIpc) is 3.11. The van der Waals surface area contributed by atoms with Crippen molar-refractivity contribution in [2.24, 2.45) is 10.8 Å². The Balaban J connectivity index is 1.09. The molecule has 4 rings (SSSR count). The normalized spacial score (nSPS) is 30.6. The van der Waals surface area contributed by atoms with E-state index < -0.39 is 44.6 Å². The summed E-state index contributed by atoms with van der Waals surface area (Å²) < 4.78 is 37.1. The molecule has 12 nitrogen and oxygen atoms in total. The third-order valence-corrected chi connectivity index (χ3v) is 12.7. The largest absolute Gasteiger partial charge is 0.465 e. The number of hydrogen-bond donors (Lipinski definition) is 2. The Labute approximate surface area is 313 Å². The highest BCUT2D eigenvalue weighted by Crippen LogP contribution is 2.51. The first kappa shape index (κ1) is 43.3. The molecule has 0 unspecified atom stereocenters. The second-order valence-corrected chi connectivity index (χ2v) is 18.7. The summed E-state index contributed by atoms with van der Waals surface area (Å²) in [7, 11) is 0. The Bertz CT molecular complexity index is 1100. The standard InChI is InChI=1S/C40H72N2O10/c1-11-37(12-2)23-39(21-33(5,6)41(37)45)49-27-35(9,28-50-39)25-47-31(43)19-17-15-16-18-20-32(44)48-26-36(10)29-51-40(52-30-36)22-34(7,8)42(46)38(13-3,14-4)24-40/h45-46H,11-30H2,1-10H3. The first-order valence-corrected chi connectivity index (χ1v) is 20.1. The quantitative estimate of drug-likeness (QED) is 0.127. The van der Waals surface area contributed by atoms with Crippen molar-refractivity contribution >= 4 is 11.9 Å². The van der Waals surface area contributed by atoms with Gasteiger partial charge in [-0.25, -0.2) is 0 Å². The van der Waals surface area contributed by atoms with Gasteiger partial charge in [-0.1, -0.05) is 54.4 Å². The molecule has 4 aliphatic heterocycles. The van der Waals surface area contributed by atoms with Gasteiger partial charge in [0.1, 0.15) is 13.2 Å². The van der Waals surface area contributed by atoms with Gasteiger partial charge in [0.2, 0.25) is 0 Å². The topological polar surface area (TPSA) is 136 Å². The third-order valence-electron chi connectivity index (χ3n) is 12.7. The van der Waals surface area contributed by atoms with Crippen molar-refractivity contribution in [3.8, 4) is 0 Å². The molecule has 0 aromatic heterocycles. The fourth-order valence-corrected chi connectivity index (χ4v) is 9.14. The van der Waals surface area contributed by atoms with E-state index in [1.165, 1.54) is 10.1 Å². The van der Waals surface area contributed by atoms with Crippen molar-refractivity contribution < 1.29 is 48.4 Å². The summed E-state index contributed by atoms with van der Waals surface area (Å²) in [6.45, 7) is 22.6. The van der Waals surface area contributed by atoms with Crippen LogP contribution >= 0.6 is 0 Å². The van der Waals surface area contributed by atoms with E-state index in [-0.39, 0.29) is 25.2 Å². The summed E-state index contributed by atoms with van der Waals surface area (Å²) in [6, 6.07) is 0. The van der Waals surface area contributed by atoms with Gasteiger partial charge in [0.25, 0.3) is 0 Å². The van der Waals surface area contributed by atoms with E-state index in [9.17, 15) is 20.0 Å². The van der Waals surface area contributed by atoms with Crippen LogP contribution in [0.2, 0.25) is 0 Å². The average molecular weight is 741 g/mol. The Morgan fingerprint density at radius 2 is 0.846 bits per heavy atom. The van der Waals surface area contributed by atoms with Crippen LogP contribution in [0.5, 0.6) is 0 Å². The summed E-state index contributed by atoms with van der Waals surface area (Å²) in [4.78, 5) is 25.2. The fraction of sp³-hybridized carbons (Fsp3) is 0.950. The van der Waals surface area contributed by atoms with Crippen molar-refractivity contribution in [2.75, 3.05) is 39.6 Å². The maximum absolute atomic E-state index is 12.6. The highest BCUT2D eigenvalue weighted by atomic mass is 16.7. The van der Waals surface area contributed by atoms with Crippen LogP contribution in [0.4, 0.5) is 0 Å². The lowest BCUT2D eigenvalue weighted by Gasteiger charge is -2.59. The fourth-order valence-electron chi connectivity index (χ4n) is 9.14. The van der Waals surface area contributed by atoms with Gasteiger partial charge in [0, 0.05) is 60.4 Å². The third kappa shape index (κ3) is 9.52. The Morgan fingerprint density at radius 3 is 1.13 bits per heavy atom. The van der Waals surface area contributed by atoms with E-state index in [0.717, 1.165) is 38.5 Å². The van der Waals surface area contributed by atoms with Gasteiger partial charge < -0.3 is 38.8 Å². The van der Waals surface area contributed by atoms with Crippen LogP contribution in [0.3, 0.4) is 0 Å². The Morgan fingerprint density at radius 1 is 0.538 bits per heavy atom. The van der Waals surface area contributed by atoms with Crippen molar-refractivity contribution in [3.63, 3.8) is 0 Å². The van der Waals surface area contributed by atoms with Crippen molar-refractivity contribution in [1.82, 2.24) is 10.1 Å². The molecule has 0 amide bonds. The summed E-state index contributed by atoms with van der Waals surface area (Å²) >= 11 is 0. The zero-order valence-corrected chi connectivity index (χ0v) is 34.2. The summed E-state index contributed by atoms with van der Waals surface area (Å²) in [5, 5.41) is 25.1. The van der Waals surface area contributed by atoms with Crippen LogP contribution in [0.25, 0.3) is 0 Å². The van der Waals surface area contributed by atoms with Gasteiger partial charge in [-0.3, -0.25) is 9.59 Å². The molecule has 4 saturated heterocycles. The minimum atomic E-state index is -0.765. The van der Waals surface area contributed by atoms with Crippen molar-refractivity contribution in [2.45, 2.75) is 193 Å². The lowest BCUT2D eigenvalue weighted by Crippen LogP contribution is -2.69. The van der Waals surface area contributed by atoms with Crippen LogP contribution in [-0.2, 0) is 38.0 Å². The van der Waals surface area contributed by atoms with E-state index >= 15 is 0 Å². The van der Waals surface area contributed by atoms with Crippen LogP contribution in [0.1, 0.15) is 159 Å². The minimum Gasteiger partial charge on any atom is -0.465 e. The molecule has 4 heterocycles. The molecule has 0 aromatic carbocycles. The molecule has 0 aromatic rings. The molecule has 4 fully saturated rings. The van der Waals surface area contributed by atoms with Crippen molar-refractivity contribution in [1.29, 1.82) is 0 Å². The number of carbonyl (C=O) groups is 2. The second-order valence-electron chi connectivity index (χ2n) is 18.7. The molecule has 0 bridgehead atoms. The van der Waals surface area contributed by atoms with Crippen LogP contribution in [-0.4, -0.2) is 106 Å². The number of carbonyl (C=O) groups excluding carboxylic acids is 2. The van der Waals surface area contributed by atoms with E-state index in [0.29, 0.717) is 77.8 Å². The first-order chi connectivity index (χ1) is 24.2. The zero-order valence-electron chi connectivity index (χ0n) is 34.2. The van der Waals surface area contributed by atoms with Gasteiger partial charge in [0.15, 0.2) is 11.6 Å². The Hall–Kier alpha value is -1.38. The van der Waals surface area contributed by atoms with Crippen LogP contribution in [0.15, 0.2) is 0 Å².